The van der Waals surface area contributed by atoms with Crippen molar-refractivity contribution in [3.8, 4) is 5.75 Å². The maximum Gasteiger partial charge on any atom is 0.126 e. The number of aryl methyl sites for hydroxylation is 2. The third kappa shape index (κ3) is 3.42. The number of nitrogens with one attached hydrogen (secondary N) is 1. The number of hydrogen-bond acceptors (Lipinski definition) is 2. The fraction of sp³-hybridized carbons (Fsp3) is 0.333. The first-order valence-electron chi connectivity index (χ1n) is 7.20. The van der Waals surface area contributed by atoms with Gasteiger partial charge < -0.3 is 10.1 Å². The predicted octanol–water partition coefficient (Wildman–Crippen LogP) is 4.15. The first-order valence-corrected chi connectivity index (χ1v) is 7.20. The van der Waals surface area contributed by atoms with E-state index in [1.165, 1.54) is 0 Å². The van der Waals surface area contributed by atoms with Crippen LogP contribution in [0.4, 0.5) is 4.39 Å². The zero-order chi connectivity index (χ0) is 15.4. The summed E-state index contributed by atoms with van der Waals surface area (Å²) in [4.78, 5) is 0. The van der Waals surface area contributed by atoms with Gasteiger partial charge in [0.2, 0.25) is 0 Å². The van der Waals surface area contributed by atoms with Crippen molar-refractivity contribution >= 4 is 0 Å². The molecule has 0 bridgehead atoms. The van der Waals surface area contributed by atoms with Crippen LogP contribution in [0.3, 0.4) is 0 Å². The van der Waals surface area contributed by atoms with Crippen molar-refractivity contribution in [1.29, 1.82) is 0 Å². The number of hydrogen-bond donors (Lipinski definition) is 1. The van der Waals surface area contributed by atoms with Crippen LogP contribution in [0.5, 0.6) is 5.75 Å². The van der Waals surface area contributed by atoms with Crippen LogP contribution >= 0.6 is 0 Å². The quantitative estimate of drug-likeness (QED) is 0.892. The van der Waals surface area contributed by atoms with Gasteiger partial charge >= 0.3 is 0 Å². The third-order valence-electron chi connectivity index (χ3n) is 3.70. The van der Waals surface area contributed by atoms with Gasteiger partial charge in [-0.15, -0.1) is 0 Å². The Labute approximate surface area is 126 Å². The minimum absolute atomic E-state index is 0.0420. The van der Waals surface area contributed by atoms with Crippen LogP contribution < -0.4 is 10.1 Å². The Kier molecular flexibility index (Phi) is 4.97. The highest BCUT2D eigenvalue weighted by Crippen LogP contribution is 2.28. The molecule has 112 valence electrons. The van der Waals surface area contributed by atoms with Gasteiger partial charge in [0, 0.05) is 0 Å². The number of benzene rings is 2. The van der Waals surface area contributed by atoms with E-state index in [0.717, 1.165) is 29.0 Å². The molecule has 1 N–H and O–H groups in total. The Bertz CT molecular complexity index is 625. The summed E-state index contributed by atoms with van der Waals surface area (Å²) in [5, 5.41) is 3.41. The number of ether oxygens (including phenoxy) is 1. The topological polar surface area (TPSA) is 21.3 Å². The fourth-order valence-corrected chi connectivity index (χ4v) is 2.44. The summed E-state index contributed by atoms with van der Waals surface area (Å²) in [5.74, 6) is 0.678. The average molecular weight is 287 g/mol. The van der Waals surface area contributed by atoms with E-state index in [-0.39, 0.29) is 11.9 Å². The molecule has 1 unspecified atom stereocenters. The van der Waals surface area contributed by atoms with Gasteiger partial charge in [-0.2, -0.15) is 0 Å². The second-order valence-corrected chi connectivity index (χ2v) is 5.23. The van der Waals surface area contributed by atoms with Gasteiger partial charge in [0.05, 0.1) is 13.2 Å². The van der Waals surface area contributed by atoms with Crippen molar-refractivity contribution in [2.24, 2.45) is 0 Å². The summed E-state index contributed by atoms with van der Waals surface area (Å²) in [6.07, 6.45) is 0. The van der Waals surface area contributed by atoms with Gasteiger partial charge in [-0.3, -0.25) is 0 Å². The second-order valence-electron chi connectivity index (χ2n) is 5.23. The summed E-state index contributed by atoms with van der Waals surface area (Å²) in [6.45, 7) is 6.63. The molecule has 0 aromatic heterocycles. The van der Waals surface area contributed by atoms with Crippen LogP contribution in [0.2, 0.25) is 0 Å². The van der Waals surface area contributed by atoms with E-state index in [4.69, 9.17) is 4.74 Å². The Hall–Kier alpha value is -1.87. The van der Waals surface area contributed by atoms with Crippen LogP contribution in [0, 0.1) is 19.7 Å². The SMILES string of the molecule is CCNC(c1ccc(C)c(F)c1)c1ccc(C)c(OC)c1. The van der Waals surface area contributed by atoms with E-state index in [1.54, 1.807) is 20.1 Å². The van der Waals surface area contributed by atoms with E-state index in [1.807, 2.05) is 38.1 Å². The molecule has 2 aromatic rings. The molecule has 0 aliphatic heterocycles. The van der Waals surface area contributed by atoms with Crippen LogP contribution in [0.15, 0.2) is 36.4 Å². The highest BCUT2D eigenvalue weighted by Gasteiger charge is 2.15. The molecule has 0 heterocycles. The van der Waals surface area contributed by atoms with Crippen molar-refractivity contribution in [3.63, 3.8) is 0 Å². The van der Waals surface area contributed by atoms with Crippen molar-refractivity contribution in [2.75, 3.05) is 13.7 Å². The highest BCUT2D eigenvalue weighted by atomic mass is 19.1. The molecule has 21 heavy (non-hydrogen) atoms. The van der Waals surface area contributed by atoms with Crippen LogP contribution in [0.1, 0.15) is 35.2 Å². The normalized spacial score (nSPS) is 12.2. The standard InChI is InChI=1S/C18H22FNO/c1-5-20-18(14-8-6-12(2)16(19)10-14)15-9-7-13(3)17(11-15)21-4/h6-11,18,20H,5H2,1-4H3. The molecule has 0 spiro atoms. The lowest BCUT2D eigenvalue weighted by molar-refractivity contribution is 0.410. The van der Waals surface area contributed by atoms with Crippen molar-refractivity contribution in [1.82, 2.24) is 5.32 Å². The van der Waals surface area contributed by atoms with Crippen LogP contribution in [-0.2, 0) is 0 Å². The second kappa shape index (κ2) is 6.72. The lowest BCUT2D eigenvalue weighted by Crippen LogP contribution is -2.22. The number of methoxy groups -OCH3 is 1. The van der Waals surface area contributed by atoms with Gasteiger partial charge in [-0.25, -0.2) is 4.39 Å². The lowest BCUT2D eigenvalue weighted by Gasteiger charge is -2.20. The van der Waals surface area contributed by atoms with E-state index >= 15 is 0 Å². The van der Waals surface area contributed by atoms with E-state index < -0.39 is 0 Å². The Balaban J connectivity index is 2.44. The molecule has 2 nitrogen and oxygen atoms in total. The molecule has 2 rings (SSSR count). The molecule has 0 aliphatic carbocycles. The summed E-state index contributed by atoms with van der Waals surface area (Å²) in [5.41, 5.74) is 3.75. The summed E-state index contributed by atoms with van der Waals surface area (Å²) >= 11 is 0. The van der Waals surface area contributed by atoms with Gasteiger partial charge in [0.15, 0.2) is 0 Å². The molecule has 3 heteroatoms. The first kappa shape index (κ1) is 15.5. The zero-order valence-corrected chi connectivity index (χ0v) is 13.0. The maximum absolute atomic E-state index is 13.9. The number of rotatable bonds is 5. The van der Waals surface area contributed by atoms with Gasteiger partial charge in [-0.05, 0) is 54.8 Å². The Morgan fingerprint density at radius 3 is 2.24 bits per heavy atom. The number of halogens is 1. The molecule has 0 aliphatic rings. The minimum Gasteiger partial charge on any atom is -0.496 e. The summed E-state index contributed by atoms with van der Waals surface area (Å²) in [7, 11) is 1.67. The molecule has 0 saturated carbocycles. The Morgan fingerprint density at radius 1 is 1.05 bits per heavy atom. The highest BCUT2D eigenvalue weighted by molar-refractivity contribution is 5.41. The van der Waals surface area contributed by atoms with Crippen molar-refractivity contribution in [3.05, 3.63) is 64.5 Å². The molecular weight excluding hydrogens is 265 g/mol. The van der Waals surface area contributed by atoms with Crippen LogP contribution in [-0.4, -0.2) is 13.7 Å². The molecule has 0 fully saturated rings. The third-order valence-corrected chi connectivity index (χ3v) is 3.70. The Morgan fingerprint density at radius 2 is 1.67 bits per heavy atom. The first-order chi connectivity index (χ1) is 10.1. The molecule has 0 radical (unpaired) electrons. The largest absolute Gasteiger partial charge is 0.496 e. The van der Waals surface area contributed by atoms with Gasteiger partial charge in [-0.1, -0.05) is 31.2 Å². The van der Waals surface area contributed by atoms with E-state index in [2.05, 4.69) is 11.4 Å². The van der Waals surface area contributed by atoms with E-state index in [9.17, 15) is 4.39 Å². The van der Waals surface area contributed by atoms with Crippen LogP contribution in [0.25, 0.3) is 0 Å². The van der Waals surface area contributed by atoms with Gasteiger partial charge in [0.25, 0.3) is 0 Å². The van der Waals surface area contributed by atoms with Crippen molar-refractivity contribution < 1.29 is 9.13 Å². The van der Waals surface area contributed by atoms with Gasteiger partial charge in [0.1, 0.15) is 11.6 Å². The lowest BCUT2D eigenvalue weighted by atomic mass is 9.96. The molecule has 0 saturated heterocycles. The molecule has 0 amide bonds. The zero-order valence-electron chi connectivity index (χ0n) is 13.0. The molecule has 1 atom stereocenters. The average Bonchev–Trinajstić information content (AvgIpc) is 2.48. The van der Waals surface area contributed by atoms with E-state index in [0.29, 0.717) is 5.56 Å². The monoisotopic (exact) mass is 287 g/mol. The minimum atomic E-state index is -0.172. The predicted molar refractivity (Wildman–Crippen MR) is 84.4 cm³/mol. The fourth-order valence-electron chi connectivity index (χ4n) is 2.44. The maximum atomic E-state index is 13.9. The molecular formula is C18H22FNO. The smallest absolute Gasteiger partial charge is 0.126 e. The molecule has 2 aromatic carbocycles. The summed E-state index contributed by atoms with van der Waals surface area (Å²) in [6, 6.07) is 11.5. The summed E-state index contributed by atoms with van der Waals surface area (Å²) < 4.78 is 19.2. The van der Waals surface area contributed by atoms with Crippen molar-refractivity contribution in [2.45, 2.75) is 26.8 Å².